The van der Waals surface area contributed by atoms with E-state index in [-0.39, 0.29) is 16.7 Å². The summed E-state index contributed by atoms with van der Waals surface area (Å²) in [5.41, 5.74) is 22.2. The average Bonchev–Trinajstić information content (AvgIpc) is 1.52. The molecular weight excluding hydrogens is 1270 g/mol. The molecule has 20 bridgehead atoms. The van der Waals surface area contributed by atoms with Gasteiger partial charge in [0.2, 0.25) is 0 Å². The van der Waals surface area contributed by atoms with Gasteiger partial charge in [0.05, 0.1) is 55.2 Å². The third-order valence-electron chi connectivity index (χ3n) is 24.4. The normalized spacial score (nSPS) is 14.5. The molecule has 480 valence electrons. The van der Waals surface area contributed by atoms with Crippen LogP contribution in [0.1, 0.15) is 23.6 Å². The summed E-state index contributed by atoms with van der Waals surface area (Å²) in [6.45, 7) is 2.40. The Morgan fingerprint density at radius 3 is 1.53 bits per heavy atom. The molecule has 15 aromatic carbocycles. The fourth-order valence-electron chi connectivity index (χ4n) is 20.1. The van der Waals surface area contributed by atoms with Gasteiger partial charge in [-0.25, -0.2) is 0 Å². The maximum atomic E-state index is 16.8. The average molecular weight is 1320 g/mol. The van der Waals surface area contributed by atoms with Crippen LogP contribution in [0.15, 0.2) is 306 Å². The minimum absolute atomic E-state index is 0.0562. The van der Waals surface area contributed by atoms with Crippen LogP contribution in [0.4, 0.5) is 0 Å². The largest absolute Gasteiger partial charge is 0.309 e. The van der Waals surface area contributed by atoms with Gasteiger partial charge in [0, 0.05) is 109 Å². The van der Waals surface area contributed by atoms with Gasteiger partial charge >= 0.3 is 0 Å². The van der Waals surface area contributed by atoms with Gasteiger partial charge in [-0.3, -0.25) is 27.6 Å². The van der Waals surface area contributed by atoms with Crippen LogP contribution in [0, 0.1) is 0 Å². The number of benzene rings is 15. The van der Waals surface area contributed by atoms with Gasteiger partial charge in [0.15, 0.2) is 0 Å². The molecule has 23 aromatic rings. The zero-order valence-corrected chi connectivity index (χ0v) is 55.9. The molecule has 0 amide bonds. The second kappa shape index (κ2) is 19.0. The van der Waals surface area contributed by atoms with Crippen molar-refractivity contribution in [3.63, 3.8) is 0 Å². The SMILES string of the molecule is CC12Cc3ccc4c5ccc6c(c7ccccc7n6-c6ccccc6)c5n5c(=O)c6cc(ccc6c3c45)-c3ccc4c5cc6c7cc(cc8c9ccccc9c(=O)n(c6cc5n(-c5ccccc5)c4c3)c87)-c3cccc(c3)-c3ccc4c(c3)c(=O)n3c5c(c1ccc5c1cccc4c13)-c1ccccc12. The van der Waals surface area contributed by atoms with E-state index in [1.807, 2.05) is 27.0 Å². The van der Waals surface area contributed by atoms with Crippen molar-refractivity contribution in [1.82, 2.24) is 22.3 Å². The van der Waals surface area contributed by atoms with Gasteiger partial charge in [-0.1, -0.05) is 207 Å². The molecule has 8 heteroatoms. The minimum Gasteiger partial charge on any atom is -0.309 e. The van der Waals surface area contributed by atoms with Crippen LogP contribution >= 0.6 is 0 Å². The summed E-state index contributed by atoms with van der Waals surface area (Å²) in [5, 5.41) is 18.0. The van der Waals surface area contributed by atoms with Crippen molar-refractivity contribution in [2.45, 2.75) is 18.8 Å². The number of fused-ring (bicyclic) bond motifs is 14. The lowest BCUT2D eigenvalue weighted by atomic mass is 9.74. The van der Waals surface area contributed by atoms with E-state index in [4.69, 9.17) is 0 Å². The molecule has 104 heavy (non-hydrogen) atoms. The van der Waals surface area contributed by atoms with E-state index in [2.05, 4.69) is 293 Å². The highest BCUT2D eigenvalue weighted by Gasteiger charge is 2.42. The van der Waals surface area contributed by atoms with Crippen LogP contribution in [0.3, 0.4) is 0 Å². The van der Waals surface area contributed by atoms with Crippen LogP contribution < -0.4 is 16.7 Å². The summed E-state index contributed by atoms with van der Waals surface area (Å²) in [7, 11) is 0. The highest BCUT2D eigenvalue weighted by atomic mass is 16.1. The monoisotopic (exact) mass is 1320 g/mol. The Bertz CT molecular complexity index is 8150. The number of hydrogen-bond acceptors (Lipinski definition) is 3. The van der Waals surface area contributed by atoms with Gasteiger partial charge in [0.25, 0.3) is 16.7 Å². The number of nitrogens with zero attached hydrogens (tertiary/aromatic N) is 5. The Morgan fingerprint density at radius 1 is 0.260 bits per heavy atom. The summed E-state index contributed by atoms with van der Waals surface area (Å²) < 4.78 is 10.8. The van der Waals surface area contributed by atoms with Crippen molar-refractivity contribution in [3.05, 3.63) is 339 Å². The van der Waals surface area contributed by atoms with E-state index in [1.54, 1.807) is 0 Å². The summed E-state index contributed by atoms with van der Waals surface area (Å²) in [6.07, 6.45) is 0.591. The molecule has 8 nitrogen and oxygen atoms in total. The van der Waals surface area contributed by atoms with Crippen molar-refractivity contribution in [3.8, 4) is 55.9 Å². The molecular formula is C96H53N5O3. The second-order valence-corrected chi connectivity index (χ2v) is 29.5. The molecule has 4 aliphatic rings. The lowest BCUT2D eigenvalue weighted by Gasteiger charge is -2.28. The van der Waals surface area contributed by atoms with E-state index in [0.29, 0.717) is 22.6 Å². The van der Waals surface area contributed by atoms with E-state index < -0.39 is 5.41 Å². The minimum atomic E-state index is -0.613. The fraction of sp³-hybridized carbons (Fsp3) is 0.0312. The molecule has 0 radical (unpaired) electrons. The molecule has 27 rings (SSSR count). The third kappa shape index (κ3) is 6.64. The van der Waals surface area contributed by atoms with Crippen LogP contribution in [0.2, 0.25) is 0 Å². The first-order chi connectivity index (χ1) is 51.2. The van der Waals surface area contributed by atoms with Crippen molar-refractivity contribution in [2.24, 2.45) is 0 Å². The molecule has 1 atom stereocenters. The first kappa shape index (κ1) is 55.1. The molecule has 0 N–H and O–H groups in total. The van der Waals surface area contributed by atoms with Crippen LogP contribution in [0.5, 0.6) is 0 Å². The topological polar surface area (TPSA) is 74.3 Å². The van der Waals surface area contributed by atoms with Gasteiger partial charge in [-0.05, 0) is 169 Å². The standard InChI is InChI=1S/C96H53N5O3/c1-96-50-56-33-37-66-68-39-41-81-87(71-25-11-13-29-80(71)97(81)58-18-4-2-5-19-58)92(68)101-90(66)85(56)63-36-32-54(44-77(63)95(101)104)55-31-35-62-72-48-73-75-46-57(45-74-60-22-8-9-23-69(60)93(102)99(89(74)75)84(73)49-83(72)98(82(62)47-55)59-20-6-3-7-21-59)52-17-14-16-51(42-52)53-30-34-61-64-26-15-27-65-67-38-40-79(96)86(70-24-10-12-28-78(70)96)91(67)100(88(64)65)94(103)76(61)43-53/h2-49H,50H2,1H3. The lowest BCUT2D eigenvalue weighted by molar-refractivity contribution is 0.585. The molecule has 1 aliphatic carbocycles. The Hall–Kier alpha value is -13.7. The van der Waals surface area contributed by atoms with Crippen LogP contribution in [0.25, 0.3) is 213 Å². The molecule has 0 spiro atoms. The summed E-state index contributed by atoms with van der Waals surface area (Å²) in [5.74, 6) is 0. The maximum Gasteiger partial charge on any atom is 0.263 e. The zero-order chi connectivity index (χ0) is 68.0. The highest BCUT2D eigenvalue weighted by molar-refractivity contribution is 6.31. The molecule has 1 unspecified atom stereocenters. The fourth-order valence-corrected chi connectivity index (χ4v) is 20.1. The van der Waals surface area contributed by atoms with Crippen molar-refractivity contribution in [2.75, 3.05) is 0 Å². The number of hydrogen-bond donors (Lipinski definition) is 0. The van der Waals surface area contributed by atoms with E-state index in [0.717, 1.165) is 208 Å². The number of para-hydroxylation sites is 4. The van der Waals surface area contributed by atoms with E-state index >= 15 is 14.4 Å². The predicted molar refractivity (Wildman–Crippen MR) is 430 cm³/mol. The number of rotatable bonds is 2. The summed E-state index contributed by atoms with van der Waals surface area (Å²) in [4.78, 5) is 48.4. The molecule has 11 heterocycles. The summed E-state index contributed by atoms with van der Waals surface area (Å²) >= 11 is 0. The van der Waals surface area contributed by atoms with Crippen molar-refractivity contribution in [1.29, 1.82) is 0 Å². The van der Waals surface area contributed by atoms with Gasteiger partial charge in [-0.2, -0.15) is 0 Å². The quantitative estimate of drug-likeness (QED) is 0.162. The van der Waals surface area contributed by atoms with Gasteiger partial charge < -0.3 is 9.13 Å². The molecule has 0 saturated carbocycles. The highest BCUT2D eigenvalue weighted by Crippen LogP contribution is 2.56. The van der Waals surface area contributed by atoms with Crippen molar-refractivity contribution < 1.29 is 0 Å². The molecule has 8 aromatic heterocycles. The molecule has 0 saturated heterocycles. The third-order valence-corrected chi connectivity index (χ3v) is 24.4. The van der Waals surface area contributed by atoms with E-state index in [9.17, 15) is 0 Å². The Balaban J connectivity index is 0.839. The van der Waals surface area contributed by atoms with Gasteiger partial charge in [-0.15, -0.1) is 0 Å². The Kier molecular flexibility index (Phi) is 10.1. The summed E-state index contributed by atoms with van der Waals surface area (Å²) in [6, 6.07) is 104. The maximum absolute atomic E-state index is 16.8. The Morgan fingerprint density at radius 2 is 0.750 bits per heavy atom. The predicted octanol–water partition coefficient (Wildman–Crippen LogP) is 22.3. The first-order valence-corrected chi connectivity index (χ1v) is 35.8. The van der Waals surface area contributed by atoms with Gasteiger partial charge in [0.1, 0.15) is 0 Å². The van der Waals surface area contributed by atoms with Crippen LogP contribution in [-0.2, 0) is 11.8 Å². The Labute approximate surface area is 589 Å². The smallest absolute Gasteiger partial charge is 0.263 e. The van der Waals surface area contributed by atoms with E-state index in [1.165, 1.54) is 5.56 Å². The number of pyridine rings is 3. The molecule has 3 aliphatic heterocycles. The van der Waals surface area contributed by atoms with Crippen LogP contribution in [-0.4, -0.2) is 22.3 Å². The van der Waals surface area contributed by atoms with Crippen molar-refractivity contribution >= 4 is 158 Å². The first-order valence-electron chi connectivity index (χ1n) is 35.8. The zero-order valence-electron chi connectivity index (χ0n) is 55.9. The lowest BCUT2D eigenvalue weighted by Crippen LogP contribution is -2.24. The number of aromatic nitrogens is 5. The molecule has 0 fully saturated rings. The second-order valence-electron chi connectivity index (χ2n) is 29.5.